The summed E-state index contributed by atoms with van der Waals surface area (Å²) in [6.45, 7) is 0. The molecule has 0 radical (unpaired) electrons. The molecule has 0 fully saturated rings. The largest absolute Gasteiger partial charge is 0.435 e. The molecule has 0 unspecified atom stereocenters. The SMILES string of the molecule is Nc1cc2cccnc2nc1C(F)(F)F. The molecule has 2 rings (SSSR count). The lowest BCUT2D eigenvalue weighted by atomic mass is 10.2. The van der Waals surface area contributed by atoms with Gasteiger partial charge in [0.1, 0.15) is 0 Å². The highest BCUT2D eigenvalue weighted by Crippen LogP contribution is 2.33. The van der Waals surface area contributed by atoms with Gasteiger partial charge in [0.25, 0.3) is 0 Å². The van der Waals surface area contributed by atoms with Crippen molar-refractivity contribution in [1.82, 2.24) is 9.97 Å². The van der Waals surface area contributed by atoms with Crippen LogP contribution in [0, 0.1) is 0 Å². The molecule has 0 atom stereocenters. The van der Waals surface area contributed by atoms with E-state index in [0.29, 0.717) is 5.39 Å². The van der Waals surface area contributed by atoms with E-state index in [1.807, 2.05) is 0 Å². The quantitative estimate of drug-likeness (QED) is 0.730. The molecule has 0 amide bonds. The maximum Gasteiger partial charge on any atom is 0.435 e. The van der Waals surface area contributed by atoms with E-state index < -0.39 is 11.9 Å². The Balaban J connectivity index is 2.73. The third-order valence-electron chi connectivity index (χ3n) is 1.89. The zero-order valence-corrected chi connectivity index (χ0v) is 7.42. The highest BCUT2D eigenvalue weighted by Gasteiger charge is 2.35. The van der Waals surface area contributed by atoms with Crippen molar-refractivity contribution in [1.29, 1.82) is 0 Å². The van der Waals surface area contributed by atoms with Crippen molar-refractivity contribution in [3.05, 3.63) is 30.1 Å². The van der Waals surface area contributed by atoms with E-state index >= 15 is 0 Å². The van der Waals surface area contributed by atoms with Crippen LogP contribution in [0.4, 0.5) is 18.9 Å². The number of nitrogens with two attached hydrogens (primary N) is 1. The Kier molecular flexibility index (Phi) is 1.99. The first kappa shape index (κ1) is 9.70. The van der Waals surface area contributed by atoms with E-state index in [9.17, 15) is 13.2 Å². The molecule has 2 heterocycles. The molecule has 3 nitrogen and oxygen atoms in total. The Bertz CT molecular complexity index is 507. The molecule has 0 aliphatic carbocycles. The van der Waals surface area contributed by atoms with Gasteiger partial charge in [-0.05, 0) is 18.2 Å². The zero-order valence-electron chi connectivity index (χ0n) is 7.42. The van der Waals surface area contributed by atoms with Gasteiger partial charge >= 0.3 is 6.18 Å². The van der Waals surface area contributed by atoms with E-state index in [4.69, 9.17) is 5.73 Å². The van der Waals surface area contributed by atoms with Crippen LogP contribution in [0.3, 0.4) is 0 Å². The highest BCUT2D eigenvalue weighted by molar-refractivity contribution is 5.78. The van der Waals surface area contributed by atoms with Crippen molar-refractivity contribution >= 4 is 16.7 Å². The Morgan fingerprint density at radius 2 is 2.00 bits per heavy atom. The average Bonchev–Trinajstić information content (AvgIpc) is 2.15. The number of halogens is 3. The number of nitrogens with zero attached hydrogens (tertiary/aromatic N) is 2. The average molecular weight is 213 g/mol. The van der Waals surface area contributed by atoms with E-state index in [2.05, 4.69) is 9.97 Å². The maximum atomic E-state index is 12.4. The van der Waals surface area contributed by atoms with Gasteiger partial charge in [0, 0.05) is 11.6 Å². The molecule has 15 heavy (non-hydrogen) atoms. The van der Waals surface area contributed by atoms with Crippen LogP contribution >= 0.6 is 0 Å². The topological polar surface area (TPSA) is 51.8 Å². The minimum absolute atomic E-state index is 0.0408. The summed E-state index contributed by atoms with van der Waals surface area (Å²) in [4.78, 5) is 7.11. The van der Waals surface area contributed by atoms with Crippen LogP contribution in [0.1, 0.15) is 5.69 Å². The van der Waals surface area contributed by atoms with Crippen molar-refractivity contribution in [3.8, 4) is 0 Å². The molecule has 6 heteroatoms. The van der Waals surface area contributed by atoms with E-state index in [-0.39, 0.29) is 11.3 Å². The molecule has 0 aromatic carbocycles. The number of alkyl halides is 3. The summed E-state index contributed by atoms with van der Waals surface area (Å²) in [6.07, 6.45) is -3.17. The lowest BCUT2D eigenvalue weighted by molar-refractivity contribution is -0.140. The number of pyridine rings is 2. The van der Waals surface area contributed by atoms with Gasteiger partial charge < -0.3 is 5.73 Å². The van der Waals surface area contributed by atoms with Gasteiger partial charge in [0.2, 0.25) is 0 Å². The fourth-order valence-corrected chi connectivity index (χ4v) is 1.25. The predicted molar refractivity (Wildman–Crippen MR) is 49.0 cm³/mol. The smallest absolute Gasteiger partial charge is 0.397 e. The van der Waals surface area contributed by atoms with Gasteiger partial charge in [0.05, 0.1) is 5.69 Å². The Labute approximate surface area is 82.8 Å². The lowest BCUT2D eigenvalue weighted by Gasteiger charge is -2.09. The Morgan fingerprint density at radius 1 is 1.27 bits per heavy atom. The van der Waals surface area contributed by atoms with Crippen LogP contribution in [0.25, 0.3) is 11.0 Å². The van der Waals surface area contributed by atoms with E-state index in [1.54, 1.807) is 12.1 Å². The molecule has 0 aliphatic heterocycles. The Hall–Kier alpha value is -1.85. The number of anilines is 1. The number of rotatable bonds is 0. The molecule has 0 aliphatic rings. The maximum absolute atomic E-state index is 12.4. The molecular weight excluding hydrogens is 207 g/mol. The summed E-state index contributed by atoms with van der Waals surface area (Å²) in [5.74, 6) is 0. The van der Waals surface area contributed by atoms with Crippen molar-refractivity contribution in [2.24, 2.45) is 0 Å². The van der Waals surface area contributed by atoms with Gasteiger partial charge in [-0.15, -0.1) is 0 Å². The number of fused-ring (bicyclic) bond motifs is 1. The van der Waals surface area contributed by atoms with Gasteiger partial charge in [-0.1, -0.05) is 0 Å². The normalized spacial score (nSPS) is 11.9. The summed E-state index contributed by atoms with van der Waals surface area (Å²) >= 11 is 0. The summed E-state index contributed by atoms with van der Waals surface area (Å²) in [5.41, 5.74) is 3.83. The number of aromatic nitrogens is 2. The minimum atomic E-state index is -4.55. The standard InChI is InChI=1S/C9H6F3N3/c10-9(11,12)7-6(13)4-5-2-1-3-14-8(5)15-7/h1-4H,13H2. The Morgan fingerprint density at radius 3 is 2.67 bits per heavy atom. The molecule has 2 N–H and O–H groups in total. The van der Waals surface area contributed by atoms with Crippen molar-refractivity contribution < 1.29 is 13.2 Å². The van der Waals surface area contributed by atoms with Gasteiger partial charge in [-0.3, -0.25) is 0 Å². The number of hydrogen-bond donors (Lipinski definition) is 1. The monoisotopic (exact) mass is 213 g/mol. The highest BCUT2D eigenvalue weighted by atomic mass is 19.4. The minimum Gasteiger partial charge on any atom is -0.397 e. The second-order valence-corrected chi connectivity index (χ2v) is 2.97. The fraction of sp³-hybridized carbons (Fsp3) is 0.111. The molecule has 0 spiro atoms. The van der Waals surface area contributed by atoms with Crippen molar-refractivity contribution in [3.63, 3.8) is 0 Å². The summed E-state index contributed by atoms with van der Waals surface area (Å²) in [7, 11) is 0. The first-order valence-electron chi connectivity index (χ1n) is 4.07. The van der Waals surface area contributed by atoms with Crippen LogP contribution in [0.5, 0.6) is 0 Å². The molecule has 0 bridgehead atoms. The van der Waals surface area contributed by atoms with Crippen LogP contribution in [-0.2, 0) is 6.18 Å². The van der Waals surface area contributed by atoms with Crippen LogP contribution in [0.2, 0.25) is 0 Å². The first-order valence-corrected chi connectivity index (χ1v) is 4.07. The molecule has 0 saturated carbocycles. The summed E-state index contributed by atoms with van der Waals surface area (Å²) in [6, 6.07) is 4.43. The van der Waals surface area contributed by atoms with E-state index in [1.165, 1.54) is 12.3 Å². The lowest BCUT2D eigenvalue weighted by Crippen LogP contribution is -2.12. The van der Waals surface area contributed by atoms with E-state index in [0.717, 1.165) is 0 Å². The fourth-order valence-electron chi connectivity index (χ4n) is 1.25. The van der Waals surface area contributed by atoms with Gasteiger partial charge in [0.15, 0.2) is 11.3 Å². The molecule has 78 valence electrons. The van der Waals surface area contributed by atoms with Crippen LogP contribution in [0.15, 0.2) is 24.4 Å². The van der Waals surface area contributed by atoms with Crippen LogP contribution in [-0.4, -0.2) is 9.97 Å². The second-order valence-electron chi connectivity index (χ2n) is 2.97. The first-order chi connectivity index (χ1) is 6.98. The van der Waals surface area contributed by atoms with Crippen molar-refractivity contribution in [2.75, 3.05) is 5.73 Å². The third kappa shape index (κ3) is 1.70. The second kappa shape index (κ2) is 3.08. The molecule has 2 aromatic rings. The zero-order chi connectivity index (χ0) is 11.1. The predicted octanol–water partition coefficient (Wildman–Crippen LogP) is 2.23. The number of nitrogen functional groups attached to an aromatic ring is 1. The summed E-state index contributed by atoms with van der Waals surface area (Å²) in [5, 5.41) is 0.489. The van der Waals surface area contributed by atoms with Gasteiger partial charge in [-0.25, -0.2) is 9.97 Å². The molecule has 0 saturated heterocycles. The van der Waals surface area contributed by atoms with Crippen LogP contribution < -0.4 is 5.73 Å². The number of hydrogen-bond acceptors (Lipinski definition) is 3. The summed E-state index contributed by atoms with van der Waals surface area (Å²) < 4.78 is 37.2. The molecule has 2 aromatic heterocycles. The van der Waals surface area contributed by atoms with Gasteiger partial charge in [-0.2, -0.15) is 13.2 Å². The third-order valence-corrected chi connectivity index (χ3v) is 1.89. The van der Waals surface area contributed by atoms with Crippen molar-refractivity contribution in [2.45, 2.75) is 6.18 Å². The molecular formula is C9H6F3N3.